The van der Waals surface area contributed by atoms with Crippen LogP contribution < -0.4 is 5.32 Å². The van der Waals surface area contributed by atoms with Crippen molar-refractivity contribution >= 4 is 11.7 Å². The van der Waals surface area contributed by atoms with Gasteiger partial charge in [-0.2, -0.15) is 0 Å². The lowest BCUT2D eigenvalue weighted by atomic mass is 9.76. The van der Waals surface area contributed by atoms with Crippen molar-refractivity contribution in [2.24, 2.45) is 5.92 Å². The lowest BCUT2D eigenvalue weighted by Gasteiger charge is -2.44. The van der Waals surface area contributed by atoms with Gasteiger partial charge >= 0.3 is 5.97 Å². The molecular formula is C22H25NO3. The molecule has 3 atom stereocenters. The summed E-state index contributed by atoms with van der Waals surface area (Å²) in [5, 5.41) is 3.75. The van der Waals surface area contributed by atoms with Crippen LogP contribution in [0, 0.1) is 19.8 Å². The van der Waals surface area contributed by atoms with E-state index in [1.165, 1.54) is 23.8 Å². The first-order valence-corrected chi connectivity index (χ1v) is 9.26. The summed E-state index contributed by atoms with van der Waals surface area (Å²) in [6.07, 6.45) is 2.35. The molecule has 2 aliphatic heterocycles. The Morgan fingerprint density at radius 1 is 1.15 bits per heavy atom. The van der Waals surface area contributed by atoms with Gasteiger partial charge in [0.05, 0.1) is 24.8 Å². The topological polar surface area (TPSA) is 47.6 Å². The van der Waals surface area contributed by atoms with E-state index in [-0.39, 0.29) is 18.1 Å². The van der Waals surface area contributed by atoms with E-state index < -0.39 is 0 Å². The quantitative estimate of drug-likeness (QED) is 0.795. The third-order valence-electron chi connectivity index (χ3n) is 5.65. The highest BCUT2D eigenvalue weighted by atomic mass is 16.5. The van der Waals surface area contributed by atoms with Gasteiger partial charge in [0.1, 0.15) is 0 Å². The molecule has 0 bridgehead atoms. The zero-order chi connectivity index (χ0) is 18.3. The highest BCUT2D eigenvalue weighted by molar-refractivity contribution is 5.89. The second-order valence-electron chi connectivity index (χ2n) is 7.37. The number of carbonyl (C=O) groups is 1. The van der Waals surface area contributed by atoms with Crippen molar-refractivity contribution in [1.82, 2.24) is 0 Å². The Balaban J connectivity index is 1.74. The van der Waals surface area contributed by atoms with Gasteiger partial charge in [0, 0.05) is 23.8 Å². The number of methoxy groups -OCH3 is 1. The molecular weight excluding hydrogens is 326 g/mol. The third-order valence-corrected chi connectivity index (χ3v) is 5.65. The molecule has 2 aromatic rings. The minimum atomic E-state index is -0.295. The zero-order valence-electron chi connectivity index (χ0n) is 15.5. The molecule has 1 N–H and O–H groups in total. The summed E-state index contributed by atoms with van der Waals surface area (Å²) in [6.45, 7) is 5.01. The van der Waals surface area contributed by atoms with Gasteiger partial charge < -0.3 is 14.8 Å². The molecule has 1 fully saturated rings. The number of esters is 1. The first-order chi connectivity index (χ1) is 12.6. The van der Waals surface area contributed by atoms with E-state index >= 15 is 0 Å². The lowest BCUT2D eigenvalue weighted by Crippen LogP contribution is -2.36. The number of hydrogen-bond acceptors (Lipinski definition) is 4. The van der Waals surface area contributed by atoms with Crippen LogP contribution >= 0.6 is 0 Å². The van der Waals surface area contributed by atoms with Crippen LogP contribution in [-0.2, 0) is 9.47 Å². The molecule has 1 saturated heterocycles. The number of nitrogens with one attached hydrogen (secondary N) is 1. The largest absolute Gasteiger partial charge is 0.465 e. The van der Waals surface area contributed by atoms with Crippen LogP contribution in [0.3, 0.4) is 0 Å². The fourth-order valence-electron chi connectivity index (χ4n) is 4.37. The summed E-state index contributed by atoms with van der Waals surface area (Å²) < 4.78 is 11.1. The van der Waals surface area contributed by atoms with Crippen molar-refractivity contribution in [3.8, 4) is 0 Å². The van der Waals surface area contributed by atoms with Gasteiger partial charge in [0.2, 0.25) is 0 Å². The van der Waals surface area contributed by atoms with E-state index in [4.69, 9.17) is 9.47 Å². The summed E-state index contributed by atoms with van der Waals surface area (Å²) in [5.74, 6) is 0.0941. The highest BCUT2D eigenvalue weighted by Crippen LogP contribution is 2.49. The number of hydrogen-bond donors (Lipinski definition) is 1. The molecule has 0 spiro atoms. The summed E-state index contributed by atoms with van der Waals surface area (Å²) in [7, 11) is 1.41. The zero-order valence-corrected chi connectivity index (χ0v) is 15.5. The van der Waals surface area contributed by atoms with Crippen LogP contribution in [0.4, 0.5) is 5.69 Å². The molecule has 0 aliphatic carbocycles. The van der Waals surface area contributed by atoms with Gasteiger partial charge in [-0.3, -0.25) is 0 Å². The molecule has 0 amide bonds. The number of ether oxygens (including phenoxy) is 2. The predicted octanol–water partition coefficient (Wildman–Crippen LogP) is 4.72. The van der Waals surface area contributed by atoms with Crippen molar-refractivity contribution in [2.45, 2.75) is 38.8 Å². The Hall–Kier alpha value is -2.33. The van der Waals surface area contributed by atoms with Gasteiger partial charge in [-0.15, -0.1) is 0 Å². The van der Waals surface area contributed by atoms with E-state index in [0.29, 0.717) is 11.5 Å². The number of benzene rings is 2. The molecule has 2 aliphatic rings. The van der Waals surface area contributed by atoms with Gasteiger partial charge in [0.15, 0.2) is 0 Å². The standard InChI is InChI=1S/C22H25NO3/c1-13-6-9-19-18(11-13)21-17(5-4-10-26-21)20(23-19)16-8-7-15(12-14(16)2)22(24)25-3/h6-9,11-12,17,20-21,23H,4-5,10H2,1-3H3/t17-,20+,21-/m1/s1. The summed E-state index contributed by atoms with van der Waals surface area (Å²) in [5.41, 5.74) is 6.61. The van der Waals surface area contributed by atoms with Crippen molar-refractivity contribution < 1.29 is 14.3 Å². The maximum atomic E-state index is 11.8. The Morgan fingerprint density at radius 3 is 2.77 bits per heavy atom. The number of aryl methyl sites for hydroxylation is 2. The molecule has 4 nitrogen and oxygen atoms in total. The van der Waals surface area contributed by atoms with E-state index in [2.05, 4.69) is 43.4 Å². The molecule has 0 aromatic heterocycles. The second-order valence-corrected chi connectivity index (χ2v) is 7.37. The molecule has 4 rings (SSSR count). The van der Waals surface area contributed by atoms with Crippen LogP contribution in [0.5, 0.6) is 0 Å². The third kappa shape index (κ3) is 2.88. The lowest BCUT2D eigenvalue weighted by molar-refractivity contribution is -0.0382. The minimum Gasteiger partial charge on any atom is -0.465 e. The maximum Gasteiger partial charge on any atom is 0.337 e. The van der Waals surface area contributed by atoms with E-state index in [9.17, 15) is 4.79 Å². The smallest absolute Gasteiger partial charge is 0.337 e. The van der Waals surface area contributed by atoms with Gasteiger partial charge in [-0.25, -0.2) is 4.79 Å². The van der Waals surface area contributed by atoms with E-state index in [1.807, 2.05) is 12.1 Å². The van der Waals surface area contributed by atoms with Crippen LogP contribution in [-0.4, -0.2) is 19.7 Å². The number of anilines is 1. The Labute approximate surface area is 154 Å². The molecule has 0 saturated carbocycles. The van der Waals surface area contributed by atoms with Crippen molar-refractivity contribution in [1.29, 1.82) is 0 Å². The van der Waals surface area contributed by atoms with Crippen LogP contribution in [0.15, 0.2) is 36.4 Å². The Bertz CT molecular complexity index is 845. The van der Waals surface area contributed by atoms with Crippen molar-refractivity contribution in [3.05, 3.63) is 64.2 Å². The molecule has 2 heterocycles. The molecule has 2 aromatic carbocycles. The molecule has 4 heteroatoms. The molecule has 136 valence electrons. The minimum absolute atomic E-state index is 0.129. The number of carbonyl (C=O) groups excluding carboxylic acids is 1. The summed E-state index contributed by atoms with van der Waals surface area (Å²) in [6, 6.07) is 12.6. The van der Waals surface area contributed by atoms with E-state index in [1.54, 1.807) is 0 Å². The Morgan fingerprint density at radius 2 is 2.00 bits per heavy atom. The molecule has 0 radical (unpaired) electrons. The highest BCUT2D eigenvalue weighted by Gasteiger charge is 2.40. The monoisotopic (exact) mass is 351 g/mol. The summed E-state index contributed by atoms with van der Waals surface area (Å²) in [4.78, 5) is 11.8. The van der Waals surface area contributed by atoms with Crippen molar-refractivity contribution in [2.75, 3.05) is 19.0 Å². The normalized spacial score (nSPS) is 24.2. The average Bonchev–Trinajstić information content (AvgIpc) is 2.67. The molecule has 26 heavy (non-hydrogen) atoms. The van der Waals surface area contributed by atoms with Gasteiger partial charge in [0.25, 0.3) is 0 Å². The van der Waals surface area contributed by atoms with Crippen LogP contribution in [0.1, 0.15) is 57.6 Å². The first-order valence-electron chi connectivity index (χ1n) is 9.26. The predicted molar refractivity (Wildman–Crippen MR) is 101 cm³/mol. The van der Waals surface area contributed by atoms with E-state index in [0.717, 1.165) is 30.7 Å². The van der Waals surface area contributed by atoms with Gasteiger partial charge in [-0.05, 0) is 56.0 Å². The van der Waals surface area contributed by atoms with Crippen molar-refractivity contribution in [3.63, 3.8) is 0 Å². The number of fused-ring (bicyclic) bond motifs is 3. The molecule has 0 unspecified atom stereocenters. The van der Waals surface area contributed by atoms with Crippen LogP contribution in [0.25, 0.3) is 0 Å². The fourth-order valence-corrected chi connectivity index (χ4v) is 4.37. The van der Waals surface area contributed by atoms with Gasteiger partial charge in [-0.1, -0.05) is 23.8 Å². The Kier molecular flexibility index (Phi) is 4.45. The fraction of sp³-hybridized carbons (Fsp3) is 0.409. The first kappa shape index (κ1) is 17.1. The van der Waals surface area contributed by atoms with Crippen LogP contribution in [0.2, 0.25) is 0 Å². The second kappa shape index (κ2) is 6.76. The average molecular weight is 351 g/mol. The maximum absolute atomic E-state index is 11.8. The SMILES string of the molecule is COC(=O)c1ccc([C@@H]2Nc3ccc(C)cc3[C@@H]3OCCC[C@H]23)c(C)c1. The number of rotatable bonds is 2. The summed E-state index contributed by atoms with van der Waals surface area (Å²) >= 11 is 0.